The standard InChI is InChI=1S/C16H17FN2O/c1-12(2)16-18-7-8-19(16)11-14-5-6-15(17)10-13(14)4-3-9-20/h5-8,10,12,20H,9,11H2,1-2H3. The monoisotopic (exact) mass is 272 g/mol. The van der Waals surface area contributed by atoms with Crippen LogP contribution in [-0.2, 0) is 6.54 Å². The van der Waals surface area contributed by atoms with E-state index in [1.54, 1.807) is 12.3 Å². The molecule has 0 fully saturated rings. The number of imidazole rings is 1. The molecule has 1 aromatic carbocycles. The molecular formula is C16H17FN2O. The van der Waals surface area contributed by atoms with Crippen molar-refractivity contribution in [2.45, 2.75) is 26.3 Å². The summed E-state index contributed by atoms with van der Waals surface area (Å²) in [7, 11) is 0. The Labute approximate surface area is 118 Å². The topological polar surface area (TPSA) is 38.0 Å². The van der Waals surface area contributed by atoms with Gasteiger partial charge in [-0.05, 0) is 17.7 Å². The van der Waals surface area contributed by atoms with Gasteiger partial charge in [-0.3, -0.25) is 0 Å². The number of aliphatic hydroxyl groups excluding tert-OH is 1. The Morgan fingerprint density at radius 3 is 2.90 bits per heavy atom. The highest BCUT2D eigenvalue weighted by atomic mass is 19.1. The van der Waals surface area contributed by atoms with Crippen LogP contribution in [0.1, 0.15) is 36.7 Å². The first kappa shape index (κ1) is 14.3. The van der Waals surface area contributed by atoms with Crippen molar-refractivity contribution in [1.82, 2.24) is 9.55 Å². The molecule has 104 valence electrons. The number of rotatable bonds is 3. The van der Waals surface area contributed by atoms with E-state index >= 15 is 0 Å². The fourth-order valence-electron chi connectivity index (χ4n) is 2.08. The van der Waals surface area contributed by atoms with E-state index in [2.05, 4.69) is 30.7 Å². The molecule has 0 saturated carbocycles. The Bertz CT molecular complexity index is 650. The van der Waals surface area contributed by atoms with Crippen molar-refractivity contribution in [3.63, 3.8) is 0 Å². The second kappa shape index (κ2) is 6.36. The molecule has 0 bridgehead atoms. The summed E-state index contributed by atoms with van der Waals surface area (Å²) in [4.78, 5) is 4.33. The van der Waals surface area contributed by atoms with Gasteiger partial charge in [-0.15, -0.1) is 0 Å². The van der Waals surface area contributed by atoms with Gasteiger partial charge in [0.15, 0.2) is 0 Å². The number of aromatic nitrogens is 2. The van der Waals surface area contributed by atoms with Crippen LogP contribution in [0.15, 0.2) is 30.6 Å². The van der Waals surface area contributed by atoms with Crippen molar-refractivity contribution in [2.24, 2.45) is 0 Å². The highest BCUT2D eigenvalue weighted by Crippen LogP contribution is 2.16. The van der Waals surface area contributed by atoms with Crippen molar-refractivity contribution in [2.75, 3.05) is 6.61 Å². The van der Waals surface area contributed by atoms with Gasteiger partial charge in [-0.2, -0.15) is 0 Å². The summed E-state index contributed by atoms with van der Waals surface area (Å²) in [6.07, 6.45) is 3.67. The van der Waals surface area contributed by atoms with Crippen molar-refractivity contribution >= 4 is 0 Å². The lowest BCUT2D eigenvalue weighted by Gasteiger charge is -2.11. The maximum atomic E-state index is 13.3. The van der Waals surface area contributed by atoms with Gasteiger partial charge in [0.05, 0.1) is 0 Å². The van der Waals surface area contributed by atoms with Gasteiger partial charge in [0, 0.05) is 30.4 Å². The van der Waals surface area contributed by atoms with E-state index in [9.17, 15) is 4.39 Å². The molecule has 1 heterocycles. The average molecular weight is 272 g/mol. The van der Waals surface area contributed by atoms with Crippen molar-refractivity contribution < 1.29 is 9.50 Å². The molecule has 0 aliphatic heterocycles. The zero-order valence-corrected chi connectivity index (χ0v) is 11.6. The summed E-state index contributed by atoms with van der Waals surface area (Å²) in [6.45, 7) is 4.51. The normalized spacial score (nSPS) is 10.4. The lowest BCUT2D eigenvalue weighted by atomic mass is 10.1. The molecule has 1 aromatic heterocycles. The van der Waals surface area contributed by atoms with Gasteiger partial charge in [0.25, 0.3) is 0 Å². The number of nitrogens with zero attached hydrogens (tertiary/aromatic N) is 2. The Hall–Kier alpha value is -2.12. The third kappa shape index (κ3) is 3.25. The summed E-state index contributed by atoms with van der Waals surface area (Å²) < 4.78 is 15.3. The molecule has 0 radical (unpaired) electrons. The largest absolute Gasteiger partial charge is 0.384 e. The third-order valence-corrected chi connectivity index (χ3v) is 2.98. The predicted molar refractivity (Wildman–Crippen MR) is 75.8 cm³/mol. The van der Waals surface area contributed by atoms with E-state index < -0.39 is 0 Å². The second-order valence-corrected chi connectivity index (χ2v) is 4.83. The van der Waals surface area contributed by atoms with Gasteiger partial charge < -0.3 is 9.67 Å². The van der Waals surface area contributed by atoms with Gasteiger partial charge in [-0.25, -0.2) is 9.37 Å². The lowest BCUT2D eigenvalue weighted by molar-refractivity contribution is 0.350. The molecule has 3 nitrogen and oxygen atoms in total. The van der Waals surface area contributed by atoms with Crippen LogP contribution >= 0.6 is 0 Å². The molecule has 0 aliphatic carbocycles. The maximum Gasteiger partial charge on any atom is 0.124 e. The smallest absolute Gasteiger partial charge is 0.124 e. The van der Waals surface area contributed by atoms with Crippen LogP contribution < -0.4 is 0 Å². The first-order valence-electron chi connectivity index (χ1n) is 6.51. The van der Waals surface area contributed by atoms with Crippen LogP contribution in [0, 0.1) is 17.7 Å². The van der Waals surface area contributed by atoms with Gasteiger partial charge in [0.2, 0.25) is 0 Å². The van der Waals surface area contributed by atoms with Crippen LogP contribution in [0.2, 0.25) is 0 Å². The first-order chi connectivity index (χ1) is 9.61. The quantitative estimate of drug-likeness (QED) is 0.872. The van der Waals surface area contributed by atoms with E-state index in [0.29, 0.717) is 18.0 Å². The molecule has 0 spiro atoms. The molecular weight excluding hydrogens is 255 g/mol. The zero-order chi connectivity index (χ0) is 14.5. The number of hydrogen-bond acceptors (Lipinski definition) is 2. The highest BCUT2D eigenvalue weighted by molar-refractivity contribution is 5.42. The Kier molecular flexibility index (Phi) is 4.54. The number of aliphatic hydroxyl groups is 1. The fourth-order valence-corrected chi connectivity index (χ4v) is 2.08. The number of halogens is 1. The van der Waals surface area contributed by atoms with E-state index in [1.807, 2.05) is 10.8 Å². The lowest BCUT2D eigenvalue weighted by Crippen LogP contribution is -2.07. The maximum absolute atomic E-state index is 13.3. The van der Waals surface area contributed by atoms with E-state index in [-0.39, 0.29) is 12.4 Å². The second-order valence-electron chi connectivity index (χ2n) is 4.83. The Balaban J connectivity index is 2.35. The molecule has 0 amide bonds. The van der Waals surface area contributed by atoms with Crippen molar-refractivity contribution in [3.05, 3.63) is 53.4 Å². The summed E-state index contributed by atoms with van der Waals surface area (Å²) in [5.74, 6) is 6.33. The summed E-state index contributed by atoms with van der Waals surface area (Å²) in [5.41, 5.74) is 1.51. The third-order valence-electron chi connectivity index (χ3n) is 2.98. The van der Waals surface area contributed by atoms with E-state index in [0.717, 1.165) is 11.4 Å². The van der Waals surface area contributed by atoms with Crippen LogP contribution in [0.4, 0.5) is 4.39 Å². The van der Waals surface area contributed by atoms with Crippen LogP contribution in [0.5, 0.6) is 0 Å². The van der Waals surface area contributed by atoms with E-state index in [1.165, 1.54) is 12.1 Å². The predicted octanol–water partition coefficient (Wildman–Crippen LogP) is 2.54. The van der Waals surface area contributed by atoms with Crippen molar-refractivity contribution in [3.8, 4) is 11.8 Å². The molecule has 0 atom stereocenters. The minimum atomic E-state index is -0.328. The zero-order valence-electron chi connectivity index (χ0n) is 11.6. The minimum Gasteiger partial charge on any atom is -0.384 e. The summed E-state index contributed by atoms with van der Waals surface area (Å²) in [6, 6.07) is 4.54. The van der Waals surface area contributed by atoms with Gasteiger partial charge in [0.1, 0.15) is 18.2 Å². The van der Waals surface area contributed by atoms with E-state index in [4.69, 9.17) is 5.11 Å². The van der Waals surface area contributed by atoms with Crippen molar-refractivity contribution in [1.29, 1.82) is 0 Å². The molecule has 4 heteroatoms. The highest BCUT2D eigenvalue weighted by Gasteiger charge is 2.09. The Morgan fingerprint density at radius 1 is 1.40 bits per heavy atom. The first-order valence-corrected chi connectivity index (χ1v) is 6.51. The molecule has 2 aromatic rings. The number of benzene rings is 1. The minimum absolute atomic E-state index is 0.238. The fraction of sp³-hybridized carbons (Fsp3) is 0.312. The SMILES string of the molecule is CC(C)c1nccn1Cc1ccc(F)cc1C#CCO. The van der Waals surface area contributed by atoms with Crippen LogP contribution in [0.25, 0.3) is 0 Å². The summed E-state index contributed by atoms with van der Waals surface area (Å²) in [5, 5.41) is 8.78. The number of hydrogen-bond donors (Lipinski definition) is 1. The van der Waals surface area contributed by atoms with Crippen LogP contribution in [-0.4, -0.2) is 21.3 Å². The molecule has 0 aliphatic rings. The molecule has 20 heavy (non-hydrogen) atoms. The van der Waals surface area contributed by atoms with Gasteiger partial charge >= 0.3 is 0 Å². The summed E-state index contributed by atoms with van der Waals surface area (Å²) >= 11 is 0. The molecule has 0 unspecified atom stereocenters. The average Bonchev–Trinajstić information content (AvgIpc) is 2.87. The molecule has 2 rings (SSSR count). The molecule has 1 N–H and O–H groups in total. The van der Waals surface area contributed by atoms with Gasteiger partial charge in [-0.1, -0.05) is 31.8 Å². The van der Waals surface area contributed by atoms with Crippen LogP contribution in [0.3, 0.4) is 0 Å². The molecule has 0 saturated heterocycles. The Morgan fingerprint density at radius 2 is 2.20 bits per heavy atom.